The van der Waals surface area contributed by atoms with Crippen molar-refractivity contribution in [1.82, 2.24) is 4.90 Å². The van der Waals surface area contributed by atoms with Crippen LogP contribution < -0.4 is 11.1 Å². The van der Waals surface area contributed by atoms with Gasteiger partial charge in [-0.3, -0.25) is 24.1 Å². The van der Waals surface area contributed by atoms with Crippen LogP contribution >= 0.6 is 15.9 Å². The first-order chi connectivity index (χ1) is 20.5. The summed E-state index contributed by atoms with van der Waals surface area (Å²) >= 11 is 3.27. The van der Waals surface area contributed by atoms with E-state index in [4.69, 9.17) is 5.73 Å². The first-order valence-corrected chi connectivity index (χ1v) is 14.4. The Balaban J connectivity index is 1.63. The molecule has 9 N–H and O–H groups in total. The Morgan fingerprint density at radius 3 is 2.23 bits per heavy atom. The molecule has 0 bridgehead atoms. The highest BCUT2D eigenvalue weighted by Crippen LogP contribution is 2.56. The highest BCUT2D eigenvalue weighted by atomic mass is 79.9. The van der Waals surface area contributed by atoms with E-state index < -0.39 is 92.1 Å². The number of nitrogens with two attached hydrogens (primary N) is 1. The van der Waals surface area contributed by atoms with Crippen molar-refractivity contribution in [3.8, 4) is 11.5 Å². The predicted molar refractivity (Wildman–Crippen MR) is 159 cm³/mol. The number of aliphatic hydroxyl groups is 4. The van der Waals surface area contributed by atoms with E-state index in [0.29, 0.717) is 11.1 Å². The maximum Gasteiger partial charge on any atom is 0.255 e. The summed E-state index contributed by atoms with van der Waals surface area (Å²) in [5.41, 5.74) is 1.15. The van der Waals surface area contributed by atoms with E-state index in [1.165, 1.54) is 55.4 Å². The molecule has 5 rings (SSSR count). The SMILES string of the molecule is CC1c2ccc(NC(=O)C(Br)c3ccc(O)cc3)c(O)c2C(O)=C2C(=O)[C@]3(O)C(O)=C(C(N)=O)C(=O)[C@@H](N(C)C)C3C(O)C21. The number of aromatic hydroxyl groups is 2. The average Bonchev–Trinajstić information content (AvgIpc) is 2.95. The zero-order valence-corrected chi connectivity index (χ0v) is 25.2. The van der Waals surface area contributed by atoms with Gasteiger partial charge in [0.25, 0.3) is 5.91 Å². The minimum absolute atomic E-state index is 0.00204. The molecule has 0 saturated heterocycles. The van der Waals surface area contributed by atoms with Crippen LogP contribution in [0.3, 0.4) is 0 Å². The van der Waals surface area contributed by atoms with Crippen molar-refractivity contribution in [3.05, 3.63) is 70.0 Å². The maximum absolute atomic E-state index is 14.1. The van der Waals surface area contributed by atoms with E-state index in [-0.39, 0.29) is 17.0 Å². The molecule has 1 saturated carbocycles. The lowest BCUT2D eigenvalue weighted by atomic mass is 9.54. The van der Waals surface area contributed by atoms with Crippen molar-refractivity contribution in [2.45, 2.75) is 35.4 Å². The number of hydrogen-bond acceptors (Lipinski definition) is 11. The topological polar surface area (TPSA) is 231 Å². The van der Waals surface area contributed by atoms with Gasteiger partial charge in [-0.15, -0.1) is 0 Å². The molecule has 3 aliphatic rings. The second-order valence-electron chi connectivity index (χ2n) is 11.4. The van der Waals surface area contributed by atoms with Gasteiger partial charge in [-0.1, -0.05) is 41.1 Å². The summed E-state index contributed by atoms with van der Waals surface area (Å²) in [6.07, 6.45) is -1.72. The summed E-state index contributed by atoms with van der Waals surface area (Å²) in [5, 5.41) is 69.2. The molecule has 0 heterocycles. The summed E-state index contributed by atoms with van der Waals surface area (Å²) in [6, 6.07) is 7.24. The van der Waals surface area contributed by atoms with Gasteiger partial charge in [-0.05, 0) is 49.3 Å². The lowest BCUT2D eigenvalue weighted by molar-refractivity contribution is -0.169. The molecule has 0 aliphatic heterocycles. The predicted octanol–water partition coefficient (Wildman–Crippen LogP) is 1.28. The van der Waals surface area contributed by atoms with Crippen LogP contribution in [0.25, 0.3) is 5.76 Å². The Kier molecular flexibility index (Phi) is 7.61. The first kappa shape index (κ1) is 31.2. The van der Waals surface area contributed by atoms with Gasteiger partial charge in [0.05, 0.1) is 29.3 Å². The molecular formula is C30H30BrN3O10. The molecule has 2 aromatic rings. The number of likely N-dealkylation sites (N-methyl/N-ethyl adjacent to an activating group) is 1. The number of hydrogen-bond donors (Lipinski definition) is 8. The number of phenolic OH excluding ortho intramolecular Hbond substituents is 2. The minimum Gasteiger partial charge on any atom is -0.508 e. The molecule has 2 aromatic carbocycles. The number of fused-ring (bicyclic) bond motifs is 3. The molecule has 1 fully saturated rings. The first-order valence-electron chi connectivity index (χ1n) is 13.5. The number of benzene rings is 2. The van der Waals surface area contributed by atoms with Gasteiger partial charge < -0.3 is 41.7 Å². The van der Waals surface area contributed by atoms with Gasteiger partial charge in [0.1, 0.15) is 33.4 Å². The van der Waals surface area contributed by atoms with E-state index in [9.17, 15) is 49.8 Å². The van der Waals surface area contributed by atoms with Crippen LogP contribution in [0.1, 0.15) is 34.4 Å². The van der Waals surface area contributed by atoms with E-state index in [2.05, 4.69) is 21.2 Å². The molecule has 5 unspecified atom stereocenters. The molecule has 13 nitrogen and oxygen atoms in total. The molecule has 232 valence electrons. The summed E-state index contributed by atoms with van der Waals surface area (Å²) in [5.74, 6) is -10.7. The fourth-order valence-corrected chi connectivity index (χ4v) is 7.13. The Bertz CT molecular complexity index is 1680. The Labute approximate surface area is 259 Å². The highest BCUT2D eigenvalue weighted by Gasteiger charge is 2.68. The zero-order valence-electron chi connectivity index (χ0n) is 23.6. The number of carbonyl (C=O) groups excluding carboxylic acids is 4. The van der Waals surface area contributed by atoms with Crippen molar-refractivity contribution in [2.75, 3.05) is 19.4 Å². The quantitative estimate of drug-likeness (QED) is 0.128. The van der Waals surface area contributed by atoms with Crippen LogP contribution in [0.2, 0.25) is 0 Å². The third-order valence-corrected chi connectivity index (χ3v) is 9.75. The molecule has 2 amide bonds. The molecule has 0 radical (unpaired) electrons. The monoisotopic (exact) mass is 671 g/mol. The third-order valence-electron chi connectivity index (χ3n) is 8.80. The summed E-state index contributed by atoms with van der Waals surface area (Å²) in [6.45, 7) is 1.60. The van der Waals surface area contributed by atoms with Gasteiger partial charge in [0.2, 0.25) is 11.7 Å². The summed E-state index contributed by atoms with van der Waals surface area (Å²) in [4.78, 5) is 52.9. The number of carbonyl (C=O) groups is 4. The number of halogens is 1. The molecule has 7 atom stereocenters. The molecular weight excluding hydrogens is 642 g/mol. The number of rotatable bonds is 5. The van der Waals surface area contributed by atoms with Crippen molar-refractivity contribution in [1.29, 1.82) is 0 Å². The third kappa shape index (κ3) is 4.31. The largest absolute Gasteiger partial charge is 0.508 e. The molecule has 3 aliphatic carbocycles. The van der Waals surface area contributed by atoms with E-state index >= 15 is 0 Å². The van der Waals surface area contributed by atoms with E-state index in [1.54, 1.807) is 6.92 Å². The van der Waals surface area contributed by atoms with Crippen LogP contribution in [0.4, 0.5) is 5.69 Å². The zero-order chi connectivity index (χ0) is 32.6. The van der Waals surface area contributed by atoms with Gasteiger partial charge in [0.15, 0.2) is 11.4 Å². The summed E-state index contributed by atoms with van der Waals surface area (Å²) < 4.78 is 0. The molecule has 14 heteroatoms. The van der Waals surface area contributed by atoms with E-state index in [0.717, 1.165) is 0 Å². The number of nitrogens with zero attached hydrogens (tertiary/aromatic N) is 1. The standard InChI is InChI=1S/C30H30BrN3O10/c1-10-13-8-9-14(33-29(43)20(31)11-4-6-12(35)7-5-11)22(36)16(13)23(37)17-15(10)24(38)19-21(34(2)3)25(39)18(28(32)42)27(41)30(19,44)26(17)40/h4-10,15,19-21,24,35-38,41,44H,1-3H3,(H2,32,42)(H,33,43)/t10?,15?,19?,20?,21-,24?,30-/m0/s1. The van der Waals surface area contributed by atoms with Crippen molar-refractivity contribution >= 4 is 50.8 Å². The number of aliphatic hydroxyl groups excluding tert-OH is 3. The van der Waals surface area contributed by atoms with Gasteiger partial charge in [-0.25, -0.2) is 0 Å². The fourth-order valence-electron chi connectivity index (χ4n) is 6.71. The van der Waals surface area contributed by atoms with Crippen molar-refractivity contribution in [2.24, 2.45) is 17.6 Å². The number of nitrogens with one attached hydrogen (secondary N) is 1. The lowest BCUT2D eigenvalue weighted by Gasteiger charge is -2.53. The van der Waals surface area contributed by atoms with Crippen molar-refractivity contribution in [3.63, 3.8) is 0 Å². The second kappa shape index (κ2) is 10.7. The Morgan fingerprint density at radius 2 is 1.66 bits per heavy atom. The number of alkyl halides is 1. The van der Waals surface area contributed by atoms with Gasteiger partial charge in [0, 0.05) is 11.5 Å². The van der Waals surface area contributed by atoms with E-state index in [1.807, 2.05) is 0 Å². The minimum atomic E-state index is -3.03. The number of primary amides is 1. The molecule has 0 aromatic heterocycles. The lowest BCUT2D eigenvalue weighted by Crippen LogP contribution is -2.70. The molecule has 44 heavy (non-hydrogen) atoms. The van der Waals surface area contributed by atoms with Crippen LogP contribution in [0, 0.1) is 11.8 Å². The highest BCUT2D eigenvalue weighted by molar-refractivity contribution is 9.09. The normalized spacial score (nSPS) is 28.8. The maximum atomic E-state index is 14.1. The van der Waals surface area contributed by atoms with Crippen LogP contribution in [0.5, 0.6) is 11.5 Å². The molecule has 0 spiro atoms. The van der Waals surface area contributed by atoms with Crippen molar-refractivity contribution < 1.29 is 49.8 Å². The average molecular weight is 672 g/mol. The van der Waals surface area contributed by atoms with Crippen LogP contribution in [0.15, 0.2) is 53.3 Å². The number of amides is 2. The van der Waals surface area contributed by atoms with Gasteiger partial charge >= 0.3 is 0 Å². The van der Waals surface area contributed by atoms with Crippen LogP contribution in [-0.2, 0) is 19.2 Å². The smallest absolute Gasteiger partial charge is 0.255 e. The van der Waals surface area contributed by atoms with Crippen LogP contribution in [-0.4, -0.2) is 90.8 Å². The number of Topliss-reactive ketones (excluding diaryl/α,β-unsaturated/α-hetero) is 2. The Hall–Kier alpha value is -4.24. The van der Waals surface area contributed by atoms with Gasteiger partial charge in [-0.2, -0.15) is 0 Å². The second-order valence-corrected chi connectivity index (χ2v) is 12.3. The summed E-state index contributed by atoms with van der Waals surface area (Å²) in [7, 11) is 2.85. The Morgan fingerprint density at radius 1 is 1.05 bits per heavy atom. The number of ketones is 2. The number of anilines is 1. The number of phenols is 2. The fraction of sp³-hybridized carbons (Fsp3) is 0.333.